The highest BCUT2D eigenvalue weighted by molar-refractivity contribution is 5.95. The van der Waals surface area contributed by atoms with E-state index in [4.69, 9.17) is 4.74 Å². The molecule has 0 aliphatic carbocycles. The Labute approximate surface area is 263 Å². The van der Waals surface area contributed by atoms with Crippen molar-refractivity contribution in [1.29, 1.82) is 0 Å². The van der Waals surface area contributed by atoms with Crippen molar-refractivity contribution < 1.29 is 29.0 Å². The van der Waals surface area contributed by atoms with Crippen LogP contribution in [0.25, 0.3) is 10.8 Å². The van der Waals surface area contributed by atoms with E-state index in [2.05, 4.69) is 16.0 Å². The van der Waals surface area contributed by atoms with Crippen molar-refractivity contribution in [2.45, 2.75) is 51.2 Å². The predicted octanol–water partition coefficient (Wildman–Crippen LogP) is 3.89. The maximum atomic E-state index is 13.7. The van der Waals surface area contributed by atoms with Gasteiger partial charge < -0.3 is 30.6 Å². The normalized spacial score (nSPS) is 13.0. The zero-order valence-electron chi connectivity index (χ0n) is 25.7. The largest absolute Gasteiger partial charge is 0.508 e. The molecule has 0 bridgehead atoms. The standard InChI is InChI=1S/C36H39N3O6/c1-23(2)34(36(44)37-28(22-40)19-24-13-17-30(45-3)18-14-24)39-35(43)32(20-25-11-15-29(41)16-12-25)38-33(42)21-27-9-6-8-26-7-4-5-10-31(26)27/h4-18,22-23,28,32,34,41H,19-21H2,1-3H3,(H,37,44)(H,38,42)(H,39,43)/t28-,32+,34+/m1/s1. The van der Waals surface area contributed by atoms with Gasteiger partial charge in [-0.05, 0) is 64.1 Å². The molecule has 4 rings (SSSR count). The van der Waals surface area contributed by atoms with Crippen LogP contribution < -0.4 is 20.7 Å². The van der Waals surface area contributed by atoms with Crippen LogP contribution in [0.15, 0.2) is 91.0 Å². The minimum absolute atomic E-state index is 0.0567. The van der Waals surface area contributed by atoms with E-state index in [9.17, 15) is 24.3 Å². The number of carbonyl (C=O) groups is 4. The zero-order valence-corrected chi connectivity index (χ0v) is 25.7. The van der Waals surface area contributed by atoms with Crippen LogP contribution in [0.1, 0.15) is 30.5 Å². The number of rotatable bonds is 14. The van der Waals surface area contributed by atoms with Crippen LogP contribution in [-0.4, -0.2) is 54.3 Å². The molecule has 0 aliphatic rings. The molecule has 0 spiro atoms. The van der Waals surface area contributed by atoms with Gasteiger partial charge in [-0.25, -0.2) is 0 Å². The Balaban J connectivity index is 1.48. The minimum Gasteiger partial charge on any atom is -0.508 e. The van der Waals surface area contributed by atoms with Crippen LogP contribution in [0.3, 0.4) is 0 Å². The van der Waals surface area contributed by atoms with Gasteiger partial charge in [0.05, 0.1) is 19.6 Å². The number of hydrogen-bond acceptors (Lipinski definition) is 6. The first-order valence-corrected chi connectivity index (χ1v) is 14.9. The van der Waals surface area contributed by atoms with Crippen molar-refractivity contribution in [3.8, 4) is 11.5 Å². The molecule has 4 aromatic rings. The summed E-state index contributed by atoms with van der Waals surface area (Å²) in [5, 5.41) is 20.1. The third kappa shape index (κ3) is 9.15. The van der Waals surface area contributed by atoms with Crippen molar-refractivity contribution in [2.75, 3.05) is 7.11 Å². The Kier molecular flexibility index (Phi) is 11.3. The lowest BCUT2D eigenvalue weighted by atomic mass is 9.99. The van der Waals surface area contributed by atoms with Crippen LogP contribution in [0.4, 0.5) is 0 Å². The summed E-state index contributed by atoms with van der Waals surface area (Å²) in [6.45, 7) is 3.58. The number of amides is 3. The second kappa shape index (κ2) is 15.5. The van der Waals surface area contributed by atoms with Gasteiger partial charge in [-0.15, -0.1) is 0 Å². The van der Waals surface area contributed by atoms with Crippen LogP contribution in [-0.2, 0) is 38.4 Å². The van der Waals surface area contributed by atoms with Crippen LogP contribution in [0.5, 0.6) is 11.5 Å². The van der Waals surface area contributed by atoms with Gasteiger partial charge in [0, 0.05) is 6.42 Å². The first kappa shape index (κ1) is 32.7. The molecule has 0 heterocycles. The summed E-state index contributed by atoms with van der Waals surface area (Å²) in [4.78, 5) is 52.3. The van der Waals surface area contributed by atoms with E-state index in [1.165, 1.54) is 12.1 Å². The van der Waals surface area contributed by atoms with Crippen molar-refractivity contribution >= 4 is 34.8 Å². The minimum atomic E-state index is -1.01. The SMILES string of the molecule is COc1ccc(C[C@H](C=O)NC(=O)[C@@H](NC(=O)[C@H](Cc2ccc(O)cc2)NC(=O)Cc2cccc3ccccc23)C(C)C)cc1. The summed E-state index contributed by atoms with van der Waals surface area (Å²) >= 11 is 0. The number of fused-ring (bicyclic) bond motifs is 1. The van der Waals surface area contributed by atoms with E-state index in [0.717, 1.165) is 21.9 Å². The second-order valence-electron chi connectivity index (χ2n) is 11.3. The summed E-state index contributed by atoms with van der Waals surface area (Å²) in [7, 11) is 1.57. The lowest BCUT2D eigenvalue weighted by Gasteiger charge is -2.26. The average Bonchev–Trinajstić information content (AvgIpc) is 3.04. The molecule has 3 amide bonds. The highest BCUT2D eigenvalue weighted by Crippen LogP contribution is 2.19. The van der Waals surface area contributed by atoms with Crippen molar-refractivity contribution in [2.24, 2.45) is 5.92 Å². The van der Waals surface area contributed by atoms with Gasteiger partial charge in [0.25, 0.3) is 0 Å². The van der Waals surface area contributed by atoms with Crippen LogP contribution >= 0.6 is 0 Å². The predicted molar refractivity (Wildman–Crippen MR) is 173 cm³/mol. The summed E-state index contributed by atoms with van der Waals surface area (Å²) in [5.41, 5.74) is 2.37. The lowest BCUT2D eigenvalue weighted by molar-refractivity contribution is -0.133. The van der Waals surface area contributed by atoms with Gasteiger partial charge in [0.2, 0.25) is 17.7 Å². The molecule has 4 N–H and O–H groups in total. The molecule has 4 aromatic carbocycles. The number of carbonyl (C=O) groups excluding carboxylic acids is 4. The van der Waals surface area contributed by atoms with Gasteiger partial charge in [0.15, 0.2) is 0 Å². The van der Waals surface area contributed by atoms with Crippen molar-refractivity contribution in [1.82, 2.24) is 16.0 Å². The molecule has 0 saturated heterocycles. The Bertz CT molecular complexity index is 1610. The van der Waals surface area contributed by atoms with E-state index < -0.39 is 29.9 Å². The molecular weight excluding hydrogens is 570 g/mol. The molecule has 234 valence electrons. The number of benzene rings is 4. The quantitative estimate of drug-likeness (QED) is 0.160. The fraction of sp³-hybridized carbons (Fsp3) is 0.278. The molecule has 3 atom stereocenters. The third-order valence-electron chi connectivity index (χ3n) is 7.61. The topological polar surface area (TPSA) is 134 Å². The molecule has 9 nitrogen and oxygen atoms in total. The van der Waals surface area contributed by atoms with E-state index in [1.54, 1.807) is 45.2 Å². The van der Waals surface area contributed by atoms with Gasteiger partial charge >= 0.3 is 0 Å². The van der Waals surface area contributed by atoms with Gasteiger partial charge in [-0.2, -0.15) is 0 Å². The number of aromatic hydroxyl groups is 1. The number of ether oxygens (including phenoxy) is 1. The molecule has 45 heavy (non-hydrogen) atoms. The molecule has 9 heteroatoms. The number of hydrogen-bond donors (Lipinski definition) is 4. The van der Waals surface area contributed by atoms with E-state index in [1.807, 2.05) is 54.6 Å². The molecule has 0 fully saturated rings. The Morgan fingerprint density at radius 1 is 0.778 bits per heavy atom. The van der Waals surface area contributed by atoms with Crippen molar-refractivity contribution in [3.63, 3.8) is 0 Å². The summed E-state index contributed by atoms with van der Waals surface area (Å²) in [5.74, 6) is -0.954. The maximum Gasteiger partial charge on any atom is 0.243 e. The number of phenolic OH excluding ortho intramolecular Hbond substituents is 1. The summed E-state index contributed by atoms with van der Waals surface area (Å²) in [6, 6.07) is 24.3. The molecule has 0 aromatic heterocycles. The van der Waals surface area contributed by atoms with Crippen molar-refractivity contribution in [3.05, 3.63) is 108 Å². The second-order valence-corrected chi connectivity index (χ2v) is 11.3. The molecule has 0 aliphatic heterocycles. The van der Waals surface area contributed by atoms with Gasteiger partial charge in [-0.1, -0.05) is 80.6 Å². The molecular formula is C36H39N3O6. The van der Waals surface area contributed by atoms with Crippen LogP contribution in [0.2, 0.25) is 0 Å². The highest BCUT2D eigenvalue weighted by atomic mass is 16.5. The summed E-state index contributed by atoms with van der Waals surface area (Å²) < 4.78 is 5.18. The maximum absolute atomic E-state index is 13.7. The first-order valence-electron chi connectivity index (χ1n) is 14.9. The Hall–Kier alpha value is -5.18. The van der Waals surface area contributed by atoms with E-state index in [-0.39, 0.29) is 36.8 Å². The van der Waals surface area contributed by atoms with Gasteiger partial charge in [0.1, 0.15) is 29.9 Å². The zero-order chi connectivity index (χ0) is 32.3. The highest BCUT2D eigenvalue weighted by Gasteiger charge is 2.30. The lowest BCUT2D eigenvalue weighted by Crippen LogP contribution is -2.57. The first-order chi connectivity index (χ1) is 21.7. The van der Waals surface area contributed by atoms with Crippen LogP contribution in [0, 0.1) is 5.92 Å². The Morgan fingerprint density at radius 2 is 1.42 bits per heavy atom. The fourth-order valence-electron chi connectivity index (χ4n) is 5.15. The smallest absolute Gasteiger partial charge is 0.243 e. The number of nitrogens with one attached hydrogen (secondary N) is 3. The molecule has 0 unspecified atom stereocenters. The number of methoxy groups -OCH3 is 1. The average molecular weight is 610 g/mol. The van der Waals surface area contributed by atoms with E-state index >= 15 is 0 Å². The Morgan fingerprint density at radius 3 is 2.09 bits per heavy atom. The number of aldehydes is 1. The third-order valence-corrected chi connectivity index (χ3v) is 7.61. The fourth-order valence-corrected chi connectivity index (χ4v) is 5.15. The monoisotopic (exact) mass is 609 g/mol. The summed E-state index contributed by atoms with van der Waals surface area (Å²) in [6.07, 6.45) is 1.13. The number of phenols is 1. The van der Waals surface area contributed by atoms with Gasteiger partial charge in [-0.3, -0.25) is 14.4 Å². The molecule has 0 saturated carbocycles. The molecule has 0 radical (unpaired) electrons. The van der Waals surface area contributed by atoms with E-state index in [0.29, 0.717) is 17.6 Å².